The third-order valence-electron chi connectivity index (χ3n) is 4.41. The Morgan fingerprint density at radius 3 is 2.64 bits per heavy atom. The van der Waals surface area contributed by atoms with Crippen LogP contribution in [0.15, 0.2) is 30.3 Å². The highest BCUT2D eigenvalue weighted by atomic mass is 16.5. The SMILES string of the molecule is O=C(CN1CCN(c2ccccc2)CC1)NCC1CCCO1. The molecule has 0 aromatic heterocycles. The summed E-state index contributed by atoms with van der Waals surface area (Å²) in [6.07, 6.45) is 2.40. The Balaban J connectivity index is 1.37. The van der Waals surface area contributed by atoms with Crippen LogP contribution in [0.25, 0.3) is 0 Å². The lowest BCUT2D eigenvalue weighted by Gasteiger charge is -2.35. The number of ether oxygens (including phenoxy) is 1. The first-order valence-corrected chi connectivity index (χ1v) is 8.22. The van der Waals surface area contributed by atoms with Crippen LogP contribution in [0.4, 0.5) is 5.69 Å². The van der Waals surface area contributed by atoms with Gasteiger partial charge in [0.15, 0.2) is 0 Å². The fraction of sp³-hybridized carbons (Fsp3) is 0.588. The van der Waals surface area contributed by atoms with Crippen LogP contribution in [-0.4, -0.2) is 62.8 Å². The van der Waals surface area contributed by atoms with E-state index in [1.807, 2.05) is 6.07 Å². The number of rotatable bonds is 5. The van der Waals surface area contributed by atoms with Gasteiger partial charge in [-0.05, 0) is 25.0 Å². The number of hydrogen-bond acceptors (Lipinski definition) is 4. The summed E-state index contributed by atoms with van der Waals surface area (Å²) < 4.78 is 5.52. The van der Waals surface area contributed by atoms with Gasteiger partial charge in [0.05, 0.1) is 12.6 Å². The summed E-state index contributed by atoms with van der Waals surface area (Å²) in [4.78, 5) is 16.6. The van der Waals surface area contributed by atoms with Crippen molar-refractivity contribution in [2.45, 2.75) is 18.9 Å². The zero-order chi connectivity index (χ0) is 15.2. The first-order valence-electron chi connectivity index (χ1n) is 8.22. The summed E-state index contributed by atoms with van der Waals surface area (Å²) in [7, 11) is 0. The zero-order valence-corrected chi connectivity index (χ0v) is 13.0. The number of carbonyl (C=O) groups is 1. The van der Waals surface area contributed by atoms with Gasteiger partial charge in [-0.2, -0.15) is 0 Å². The molecule has 1 aromatic rings. The highest BCUT2D eigenvalue weighted by Gasteiger charge is 2.20. The van der Waals surface area contributed by atoms with E-state index in [0.29, 0.717) is 13.1 Å². The van der Waals surface area contributed by atoms with Gasteiger partial charge in [-0.1, -0.05) is 18.2 Å². The van der Waals surface area contributed by atoms with Crippen molar-refractivity contribution in [3.05, 3.63) is 30.3 Å². The minimum absolute atomic E-state index is 0.115. The van der Waals surface area contributed by atoms with Gasteiger partial charge in [-0.15, -0.1) is 0 Å². The predicted octanol–water partition coefficient (Wildman–Crippen LogP) is 1.10. The summed E-state index contributed by atoms with van der Waals surface area (Å²) >= 11 is 0. The number of anilines is 1. The van der Waals surface area contributed by atoms with Gasteiger partial charge in [-0.25, -0.2) is 0 Å². The van der Waals surface area contributed by atoms with Gasteiger partial charge >= 0.3 is 0 Å². The van der Waals surface area contributed by atoms with Crippen LogP contribution in [0, 0.1) is 0 Å². The summed E-state index contributed by atoms with van der Waals surface area (Å²) in [5, 5.41) is 3.00. The molecule has 1 aromatic carbocycles. The van der Waals surface area contributed by atoms with Crippen LogP contribution < -0.4 is 10.2 Å². The number of benzene rings is 1. The lowest BCUT2D eigenvalue weighted by atomic mass is 10.2. The molecule has 2 heterocycles. The molecule has 5 nitrogen and oxygen atoms in total. The molecule has 2 aliphatic rings. The highest BCUT2D eigenvalue weighted by Crippen LogP contribution is 2.15. The van der Waals surface area contributed by atoms with E-state index in [2.05, 4.69) is 39.4 Å². The largest absolute Gasteiger partial charge is 0.376 e. The molecular weight excluding hydrogens is 278 g/mol. The molecule has 0 bridgehead atoms. The summed E-state index contributed by atoms with van der Waals surface area (Å²) in [5.74, 6) is 0.115. The zero-order valence-electron chi connectivity index (χ0n) is 13.0. The van der Waals surface area contributed by atoms with E-state index in [-0.39, 0.29) is 12.0 Å². The first-order chi connectivity index (χ1) is 10.8. The molecule has 2 fully saturated rings. The van der Waals surface area contributed by atoms with Crippen LogP contribution in [0.5, 0.6) is 0 Å². The predicted molar refractivity (Wildman–Crippen MR) is 87.1 cm³/mol. The Hall–Kier alpha value is -1.59. The normalized spacial score (nSPS) is 22.7. The van der Waals surface area contributed by atoms with E-state index in [4.69, 9.17) is 4.74 Å². The van der Waals surface area contributed by atoms with Crippen molar-refractivity contribution in [2.24, 2.45) is 0 Å². The van der Waals surface area contributed by atoms with Gasteiger partial charge in [0, 0.05) is 45.0 Å². The number of amides is 1. The van der Waals surface area contributed by atoms with Crippen molar-refractivity contribution in [2.75, 3.05) is 50.8 Å². The van der Waals surface area contributed by atoms with E-state index >= 15 is 0 Å². The van der Waals surface area contributed by atoms with Crippen LogP contribution in [0.3, 0.4) is 0 Å². The first kappa shape index (κ1) is 15.3. The van der Waals surface area contributed by atoms with Crippen LogP contribution in [0.2, 0.25) is 0 Å². The second-order valence-electron chi connectivity index (χ2n) is 6.04. The minimum Gasteiger partial charge on any atom is -0.376 e. The number of nitrogens with zero attached hydrogens (tertiary/aromatic N) is 2. The molecule has 120 valence electrons. The summed E-state index contributed by atoms with van der Waals surface area (Å²) in [5.41, 5.74) is 1.27. The van der Waals surface area contributed by atoms with Crippen molar-refractivity contribution in [3.63, 3.8) is 0 Å². The van der Waals surface area contributed by atoms with Crippen molar-refractivity contribution in [1.29, 1.82) is 0 Å². The Labute approximate surface area is 132 Å². The molecule has 1 unspecified atom stereocenters. The van der Waals surface area contributed by atoms with Gasteiger partial charge < -0.3 is 15.0 Å². The van der Waals surface area contributed by atoms with Crippen LogP contribution >= 0.6 is 0 Å². The molecule has 1 N–H and O–H groups in total. The molecule has 1 amide bonds. The smallest absolute Gasteiger partial charge is 0.234 e. The Morgan fingerprint density at radius 2 is 1.95 bits per heavy atom. The molecule has 2 aliphatic heterocycles. The molecular formula is C17H25N3O2. The van der Waals surface area contributed by atoms with Crippen molar-refractivity contribution >= 4 is 11.6 Å². The van der Waals surface area contributed by atoms with Crippen LogP contribution in [-0.2, 0) is 9.53 Å². The molecule has 3 rings (SSSR count). The third kappa shape index (κ3) is 4.21. The quantitative estimate of drug-likeness (QED) is 0.885. The molecule has 2 saturated heterocycles. The molecule has 0 saturated carbocycles. The van der Waals surface area contributed by atoms with Crippen molar-refractivity contribution in [3.8, 4) is 0 Å². The second kappa shape index (κ2) is 7.61. The second-order valence-corrected chi connectivity index (χ2v) is 6.04. The fourth-order valence-electron chi connectivity index (χ4n) is 3.09. The van der Waals surface area contributed by atoms with E-state index in [1.54, 1.807) is 0 Å². The molecule has 0 spiro atoms. The van der Waals surface area contributed by atoms with Crippen LogP contribution in [0.1, 0.15) is 12.8 Å². The van der Waals surface area contributed by atoms with E-state index in [0.717, 1.165) is 45.6 Å². The summed E-state index contributed by atoms with van der Waals surface area (Å²) in [6, 6.07) is 10.5. The van der Waals surface area contributed by atoms with E-state index < -0.39 is 0 Å². The fourth-order valence-corrected chi connectivity index (χ4v) is 3.09. The van der Waals surface area contributed by atoms with Gasteiger partial charge in [-0.3, -0.25) is 9.69 Å². The Bertz CT molecular complexity index is 466. The Morgan fingerprint density at radius 1 is 1.18 bits per heavy atom. The monoisotopic (exact) mass is 303 g/mol. The van der Waals surface area contributed by atoms with Gasteiger partial charge in [0.1, 0.15) is 0 Å². The molecule has 0 aliphatic carbocycles. The van der Waals surface area contributed by atoms with Gasteiger partial charge in [0.2, 0.25) is 5.91 Å². The maximum Gasteiger partial charge on any atom is 0.234 e. The number of hydrogen-bond donors (Lipinski definition) is 1. The topological polar surface area (TPSA) is 44.8 Å². The minimum atomic E-state index is 0.115. The average Bonchev–Trinajstić information content (AvgIpc) is 3.08. The lowest BCUT2D eigenvalue weighted by molar-refractivity contribution is -0.122. The highest BCUT2D eigenvalue weighted by molar-refractivity contribution is 5.78. The van der Waals surface area contributed by atoms with Crippen molar-refractivity contribution < 1.29 is 9.53 Å². The van der Waals surface area contributed by atoms with Gasteiger partial charge in [0.25, 0.3) is 0 Å². The number of piperazine rings is 1. The standard InChI is InChI=1S/C17H25N3O2/c21-17(18-13-16-7-4-12-22-16)14-19-8-10-20(11-9-19)15-5-2-1-3-6-15/h1-3,5-6,16H,4,7-14H2,(H,18,21). The maximum atomic E-state index is 12.0. The number of nitrogens with one attached hydrogen (secondary N) is 1. The number of carbonyl (C=O) groups excluding carboxylic acids is 1. The molecule has 22 heavy (non-hydrogen) atoms. The third-order valence-corrected chi connectivity index (χ3v) is 4.41. The number of para-hydroxylation sites is 1. The van der Waals surface area contributed by atoms with Crippen molar-refractivity contribution in [1.82, 2.24) is 10.2 Å². The summed E-state index contributed by atoms with van der Waals surface area (Å²) in [6.45, 7) is 5.80. The maximum absolute atomic E-state index is 12.0. The molecule has 1 atom stereocenters. The lowest BCUT2D eigenvalue weighted by Crippen LogP contribution is -2.50. The van der Waals surface area contributed by atoms with E-state index in [9.17, 15) is 4.79 Å². The molecule has 0 radical (unpaired) electrons. The average molecular weight is 303 g/mol. The Kier molecular flexibility index (Phi) is 5.29. The van der Waals surface area contributed by atoms with E-state index in [1.165, 1.54) is 5.69 Å². The molecule has 5 heteroatoms.